The molecule has 0 radical (unpaired) electrons. The molecule has 4 nitrogen and oxygen atoms in total. The second-order valence-corrected chi connectivity index (χ2v) is 3.89. The quantitative estimate of drug-likeness (QED) is 0.809. The van der Waals surface area contributed by atoms with Gasteiger partial charge in [-0.15, -0.1) is 0 Å². The smallest absolute Gasteiger partial charge is 0.255 e. The number of nitrogens with zero attached hydrogens (tertiary/aromatic N) is 3. The van der Waals surface area contributed by atoms with Crippen molar-refractivity contribution in [1.82, 2.24) is 9.88 Å². The number of hydrogen-bond donors (Lipinski definition) is 0. The molecule has 0 aliphatic heterocycles. The van der Waals surface area contributed by atoms with Gasteiger partial charge in [-0.05, 0) is 13.0 Å². The van der Waals surface area contributed by atoms with Crippen molar-refractivity contribution < 1.29 is 4.79 Å². The topological polar surface area (TPSA) is 57.0 Å². The highest BCUT2D eigenvalue weighted by atomic mass is 35.5. The Balaban J connectivity index is 2.87. The summed E-state index contributed by atoms with van der Waals surface area (Å²) in [5.74, 6) is -0.199. The van der Waals surface area contributed by atoms with Gasteiger partial charge in [0, 0.05) is 25.5 Å². The van der Waals surface area contributed by atoms with Crippen LogP contribution in [-0.4, -0.2) is 28.9 Å². The number of hydrogen-bond acceptors (Lipinski definition) is 3. The number of amides is 1. The number of pyridine rings is 1. The van der Waals surface area contributed by atoms with E-state index in [1.54, 1.807) is 13.1 Å². The average Bonchev–Trinajstić information content (AvgIpc) is 2.28. The number of carbonyl (C=O) groups is 1. The van der Waals surface area contributed by atoms with Gasteiger partial charge in [0.25, 0.3) is 5.91 Å². The minimum absolute atomic E-state index is 0.137. The van der Waals surface area contributed by atoms with Crippen molar-refractivity contribution in [2.45, 2.75) is 19.4 Å². The van der Waals surface area contributed by atoms with Crippen LogP contribution in [0.3, 0.4) is 0 Å². The number of aromatic nitrogens is 1. The summed E-state index contributed by atoms with van der Waals surface area (Å²) in [7, 11) is 1.65. The predicted octanol–water partition coefficient (Wildman–Crippen LogP) is 2.11. The lowest BCUT2D eigenvalue weighted by Crippen LogP contribution is -2.35. The van der Waals surface area contributed by atoms with E-state index in [2.05, 4.69) is 4.98 Å². The van der Waals surface area contributed by atoms with Crippen molar-refractivity contribution in [2.75, 3.05) is 7.05 Å². The number of rotatable bonds is 3. The first kappa shape index (κ1) is 12.5. The molecule has 5 heteroatoms. The lowest BCUT2D eigenvalue weighted by Gasteiger charge is -2.23. The first-order valence-corrected chi connectivity index (χ1v) is 5.19. The summed E-state index contributed by atoms with van der Waals surface area (Å²) >= 11 is 5.87. The van der Waals surface area contributed by atoms with E-state index in [1.165, 1.54) is 17.3 Å². The van der Waals surface area contributed by atoms with Crippen LogP contribution < -0.4 is 0 Å². The van der Waals surface area contributed by atoms with E-state index in [0.717, 1.165) is 0 Å². The molecule has 1 aromatic rings. The standard InChI is InChI=1S/C11H12ClN3O/c1-8(3-5-13)15(2)11(16)9-4-6-14-7-10(9)12/h4,6-8H,3H2,1-2H3. The molecule has 1 heterocycles. The van der Waals surface area contributed by atoms with Crippen LogP contribution in [0.25, 0.3) is 0 Å². The zero-order chi connectivity index (χ0) is 12.1. The normalized spacial score (nSPS) is 11.6. The van der Waals surface area contributed by atoms with Crippen LogP contribution in [0, 0.1) is 11.3 Å². The molecule has 1 amide bonds. The molecule has 0 aromatic carbocycles. The van der Waals surface area contributed by atoms with E-state index in [0.29, 0.717) is 17.0 Å². The van der Waals surface area contributed by atoms with Crippen molar-refractivity contribution in [3.8, 4) is 6.07 Å². The number of nitriles is 1. The monoisotopic (exact) mass is 237 g/mol. The van der Waals surface area contributed by atoms with Crippen LogP contribution in [0.5, 0.6) is 0 Å². The molecule has 0 fully saturated rings. The Bertz CT molecular complexity index is 427. The van der Waals surface area contributed by atoms with E-state index in [-0.39, 0.29) is 11.9 Å². The average molecular weight is 238 g/mol. The first-order chi connectivity index (χ1) is 7.57. The van der Waals surface area contributed by atoms with Crippen LogP contribution in [-0.2, 0) is 0 Å². The molecular formula is C11H12ClN3O. The molecule has 0 saturated heterocycles. The van der Waals surface area contributed by atoms with Crippen molar-refractivity contribution in [3.05, 3.63) is 29.0 Å². The summed E-state index contributed by atoms with van der Waals surface area (Å²) in [6, 6.07) is 3.46. The van der Waals surface area contributed by atoms with E-state index in [9.17, 15) is 4.79 Å². The summed E-state index contributed by atoms with van der Waals surface area (Å²) in [6.07, 6.45) is 3.24. The molecule has 84 valence electrons. The Kier molecular flexibility index (Phi) is 4.27. The Morgan fingerprint density at radius 2 is 2.44 bits per heavy atom. The molecule has 0 spiro atoms. The third kappa shape index (κ3) is 2.71. The van der Waals surface area contributed by atoms with Gasteiger partial charge in [-0.25, -0.2) is 0 Å². The highest BCUT2D eigenvalue weighted by molar-refractivity contribution is 6.33. The molecule has 0 aliphatic carbocycles. The molecule has 1 aromatic heterocycles. The van der Waals surface area contributed by atoms with Crippen LogP contribution in [0.15, 0.2) is 18.5 Å². The van der Waals surface area contributed by atoms with E-state index in [1.807, 2.05) is 13.0 Å². The lowest BCUT2D eigenvalue weighted by molar-refractivity contribution is 0.0746. The minimum Gasteiger partial charge on any atom is -0.338 e. The third-order valence-corrected chi connectivity index (χ3v) is 2.67. The Morgan fingerprint density at radius 3 is 3.00 bits per heavy atom. The largest absolute Gasteiger partial charge is 0.338 e. The Hall–Kier alpha value is -1.60. The molecule has 1 unspecified atom stereocenters. The van der Waals surface area contributed by atoms with Gasteiger partial charge < -0.3 is 4.90 Å². The number of carbonyl (C=O) groups excluding carboxylic acids is 1. The van der Waals surface area contributed by atoms with Gasteiger partial charge in [-0.3, -0.25) is 9.78 Å². The second kappa shape index (κ2) is 5.47. The SMILES string of the molecule is CC(CC#N)N(C)C(=O)c1ccncc1Cl. The van der Waals surface area contributed by atoms with Gasteiger partial charge in [-0.1, -0.05) is 11.6 Å². The predicted molar refractivity (Wildman–Crippen MR) is 61.0 cm³/mol. The second-order valence-electron chi connectivity index (χ2n) is 3.48. The highest BCUT2D eigenvalue weighted by Crippen LogP contribution is 2.16. The molecule has 0 N–H and O–H groups in total. The van der Waals surface area contributed by atoms with Crippen LogP contribution in [0.1, 0.15) is 23.7 Å². The van der Waals surface area contributed by atoms with Gasteiger partial charge in [0.2, 0.25) is 0 Å². The molecule has 1 atom stereocenters. The maximum atomic E-state index is 12.0. The summed E-state index contributed by atoms with van der Waals surface area (Å²) in [4.78, 5) is 17.3. The van der Waals surface area contributed by atoms with E-state index in [4.69, 9.17) is 16.9 Å². The zero-order valence-electron chi connectivity index (χ0n) is 9.14. The zero-order valence-corrected chi connectivity index (χ0v) is 9.90. The van der Waals surface area contributed by atoms with Gasteiger partial charge >= 0.3 is 0 Å². The summed E-state index contributed by atoms with van der Waals surface area (Å²) in [6.45, 7) is 1.82. The maximum absolute atomic E-state index is 12.0. The fraction of sp³-hybridized carbons (Fsp3) is 0.364. The van der Waals surface area contributed by atoms with Crippen molar-refractivity contribution >= 4 is 17.5 Å². The van der Waals surface area contributed by atoms with E-state index < -0.39 is 0 Å². The molecule has 0 aliphatic rings. The maximum Gasteiger partial charge on any atom is 0.255 e. The summed E-state index contributed by atoms with van der Waals surface area (Å²) in [5.41, 5.74) is 0.406. The summed E-state index contributed by atoms with van der Waals surface area (Å²) in [5, 5.41) is 8.89. The Morgan fingerprint density at radius 1 is 1.75 bits per heavy atom. The molecule has 1 rings (SSSR count). The third-order valence-electron chi connectivity index (χ3n) is 2.37. The van der Waals surface area contributed by atoms with Crippen molar-refractivity contribution in [2.24, 2.45) is 0 Å². The molecule has 0 bridgehead atoms. The fourth-order valence-electron chi connectivity index (χ4n) is 1.21. The molecule has 16 heavy (non-hydrogen) atoms. The van der Waals surface area contributed by atoms with Crippen LogP contribution >= 0.6 is 11.6 Å². The van der Waals surface area contributed by atoms with E-state index >= 15 is 0 Å². The van der Waals surface area contributed by atoms with Crippen molar-refractivity contribution in [1.29, 1.82) is 5.26 Å². The van der Waals surface area contributed by atoms with Gasteiger partial charge in [0.15, 0.2) is 0 Å². The molecular weight excluding hydrogens is 226 g/mol. The van der Waals surface area contributed by atoms with Gasteiger partial charge in [-0.2, -0.15) is 5.26 Å². The van der Waals surface area contributed by atoms with Crippen LogP contribution in [0.2, 0.25) is 5.02 Å². The molecule has 0 saturated carbocycles. The Labute approximate surface area is 99.5 Å². The minimum atomic E-state index is -0.199. The fourth-order valence-corrected chi connectivity index (χ4v) is 1.41. The first-order valence-electron chi connectivity index (χ1n) is 4.81. The van der Waals surface area contributed by atoms with Crippen molar-refractivity contribution in [3.63, 3.8) is 0 Å². The van der Waals surface area contributed by atoms with Crippen LogP contribution in [0.4, 0.5) is 0 Å². The summed E-state index contributed by atoms with van der Waals surface area (Å²) < 4.78 is 0. The lowest BCUT2D eigenvalue weighted by atomic mass is 10.2. The number of halogens is 1. The van der Waals surface area contributed by atoms with Gasteiger partial charge in [0.05, 0.1) is 23.1 Å². The van der Waals surface area contributed by atoms with Gasteiger partial charge in [0.1, 0.15) is 0 Å². The highest BCUT2D eigenvalue weighted by Gasteiger charge is 2.19.